The van der Waals surface area contributed by atoms with E-state index in [2.05, 4.69) is 5.32 Å². The number of carbonyl (C=O) groups is 2. The van der Waals surface area contributed by atoms with Crippen LogP contribution in [0.5, 0.6) is 0 Å². The quantitative estimate of drug-likeness (QED) is 0.863. The Hall–Kier alpha value is -2.44. The molecule has 1 N–H and O–H groups in total. The molecule has 2 amide bonds. The maximum absolute atomic E-state index is 12.8. The van der Waals surface area contributed by atoms with Gasteiger partial charge in [0.1, 0.15) is 0 Å². The Bertz CT molecular complexity index is 891. The van der Waals surface area contributed by atoms with Gasteiger partial charge >= 0.3 is 0 Å². The number of nitrogens with zero attached hydrogens (tertiary/aromatic N) is 1. The van der Waals surface area contributed by atoms with Gasteiger partial charge in [-0.1, -0.05) is 30.3 Å². The zero-order valence-corrected chi connectivity index (χ0v) is 16.9. The van der Waals surface area contributed by atoms with Crippen LogP contribution in [0.2, 0.25) is 0 Å². The molecule has 6 nitrogen and oxygen atoms in total. The van der Waals surface area contributed by atoms with Crippen LogP contribution in [0.4, 0.5) is 0 Å². The molecule has 2 aromatic rings. The molecule has 1 spiro atoms. The number of hydrogen-bond acceptors (Lipinski definition) is 4. The molecule has 0 radical (unpaired) electrons. The molecule has 0 bridgehead atoms. The molecule has 1 atom stereocenters. The first-order chi connectivity index (χ1) is 14.0. The van der Waals surface area contributed by atoms with E-state index in [1.165, 1.54) is 0 Å². The number of morpholine rings is 1. The number of amides is 2. The van der Waals surface area contributed by atoms with Gasteiger partial charge in [0, 0.05) is 57.7 Å². The molecule has 0 unspecified atom stereocenters. The molecule has 0 saturated carbocycles. The molecular weight excluding hydrogens is 368 g/mol. The van der Waals surface area contributed by atoms with Crippen molar-refractivity contribution in [2.45, 2.75) is 37.9 Å². The summed E-state index contributed by atoms with van der Waals surface area (Å²) in [7, 11) is 0. The second-order valence-corrected chi connectivity index (χ2v) is 8.07. The highest BCUT2D eigenvalue weighted by Gasteiger charge is 2.41. The fourth-order valence-electron chi connectivity index (χ4n) is 4.31. The van der Waals surface area contributed by atoms with E-state index in [0.717, 1.165) is 23.6 Å². The molecule has 0 aromatic heterocycles. The minimum Gasteiger partial charge on any atom is -0.381 e. The molecule has 6 heteroatoms. The summed E-state index contributed by atoms with van der Waals surface area (Å²) in [5.41, 5.74) is 0.331. The number of ether oxygens (including phenoxy) is 2. The average molecular weight is 396 g/mol. The van der Waals surface area contributed by atoms with Gasteiger partial charge in [-0.15, -0.1) is 0 Å². The van der Waals surface area contributed by atoms with Crippen molar-refractivity contribution in [2.24, 2.45) is 0 Å². The van der Waals surface area contributed by atoms with Crippen molar-refractivity contribution >= 4 is 22.6 Å². The Balaban J connectivity index is 1.31. The third kappa shape index (κ3) is 4.60. The first-order valence-corrected chi connectivity index (χ1v) is 10.4. The fraction of sp³-hybridized carbons (Fsp3) is 0.478. The highest BCUT2D eigenvalue weighted by atomic mass is 16.5. The summed E-state index contributed by atoms with van der Waals surface area (Å²) in [6, 6.07) is 13.6. The highest BCUT2D eigenvalue weighted by molar-refractivity contribution is 5.98. The lowest BCUT2D eigenvalue weighted by Crippen LogP contribution is -2.58. The van der Waals surface area contributed by atoms with E-state index in [4.69, 9.17) is 9.47 Å². The minimum atomic E-state index is -0.278. The van der Waals surface area contributed by atoms with E-state index in [-0.39, 0.29) is 23.5 Å². The van der Waals surface area contributed by atoms with Crippen molar-refractivity contribution in [3.8, 4) is 0 Å². The Morgan fingerprint density at radius 2 is 1.90 bits per heavy atom. The molecule has 2 heterocycles. The first kappa shape index (κ1) is 19.9. The molecule has 2 fully saturated rings. The number of hydrogen-bond donors (Lipinski definition) is 1. The molecule has 154 valence electrons. The predicted molar refractivity (Wildman–Crippen MR) is 111 cm³/mol. The van der Waals surface area contributed by atoms with Gasteiger partial charge in [-0.25, -0.2) is 0 Å². The maximum Gasteiger partial charge on any atom is 0.251 e. The van der Waals surface area contributed by atoms with Gasteiger partial charge < -0.3 is 19.7 Å². The van der Waals surface area contributed by atoms with Gasteiger partial charge in [0.05, 0.1) is 11.7 Å². The van der Waals surface area contributed by atoms with Gasteiger partial charge in [-0.05, 0) is 29.8 Å². The van der Waals surface area contributed by atoms with Crippen molar-refractivity contribution in [2.75, 3.05) is 32.8 Å². The largest absolute Gasteiger partial charge is 0.381 e. The molecule has 2 saturated heterocycles. The van der Waals surface area contributed by atoms with Crippen molar-refractivity contribution < 1.29 is 19.1 Å². The predicted octanol–water partition coefficient (Wildman–Crippen LogP) is 2.76. The van der Waals surface area contributed by atoms with Gasteiger partial charge in [-0.2, -0.15) is 0 Å². The number of nitrogens with one attached hydrogen (secondary N) is 1. The number of carbonyl (C=O) groups excluding carboxylic acids is 2. The van der Waals surface area contributed by atoms with E-state index >= 15 is 0 Å². The van der Waals surface area contributed by atoms with Crippen LogP contribution >= 0.6 is 0 Å². The highest BCUT2D eigenvalue weighted by Crippen LogP contribution is 2.31. The van der Waals surface area contributed by atoms with Gasteiger partial charge in [0.15, 0.2) is 0 Å². The monoisotopic (exact) mass is 396 g/mol. The zero-order valence-electron chi connectivity index (χ0n) is 16.9. The lowest BCUT2D eigenvalue weighted by Gasteiger charge is -2.47. The molecule has 2 aliphatic heterocycles. The van der Waals surface area contributed by atoms with E-state index in [0.29, 0.717) is 44.8 Å². The molecule has 4 rings (SSSR count). The van der Waals surface area contributed by atoms with E-state index < -0.39 is 0 Å². The van der Waals surface area contributed by atoms with Crippen LogP contribution in [-0.2, 0) is 14.3 Å². The maximum atomic E-state index is 12.8. The molecule has 29 heavy (non-hydrogen) atoms. The Labute approximate surface area is 171 Å². The average Bonchev–Trinajstić information content (AvgIpc) is 2.73. The molecular formula is C23H28N2O4. The van der Waals surface area contributed by atoms with E-state index in [1.807, 2.05) is 54.3 Å². The summed E-state index contributed by atoms with van der Waals surface area (Å²) < 4.78 is 11.6. The Morgan fingerprint density at radius 3 is 2.69 bits per heavy atom. The van der Waals surface area contributed by atoms with Crippen LogP contribution in [0.15, 0.2) is 42.5 Å². The number of rotatable bonds is 4. The van der Waals surface area contributed by atoms with Crippen LogP contribution in [-0.4, -0.2) is 61.3 Å². The summed E-state index contributed by atoms with van der Waals surface area (Å²) >= 11 is 0. The minimum absolute atomic E-state index is 0.0120. The van der Waals surface area contributed by atoms with Crippen LogP contribution < -0.4 is 5.32 Å². The second-order valence-electron chi connectivity index (χ2n) is 8.07. The van der Waals surface area contributed by atoms with E-state index in [1.54, 1.807) is 0 Å². The summed E-state index contributed by atoms with van der Waals surface area (Å²) in [5, 5.41) is 5.01. The van der Waals surface area contributed by atoms with Crippen molar-refractivity contribution in [3.63, 3.8) is 0 Å². The molecule has 2 aromatic carbocycles. The third-order valence-electron chi connectivity index (χ3n) is 5.80. The fourth-order valence-corrected chi connectivity index (χ4v) is 4.31. The summed E-state index contributed by atoms with van der Waals surface area (Å²) in [4.78, 5) is 27.1. The smallest absolute Gasteiger partial charge is 0.251 e. The molecule has 2 aliphatic rings. The summed E-state index contributed by atoms with van der Waals surface area (Å²) in [6.07, 6.45) is 1.94. The van der Waals surface area contributed by atoms with Crippen LogP contribution in [0.3, 0.4) is 0 Å². The zero-order chi connectivity index (χ0) is 20.3. The van der Waals surface area contributed by atoms with Crippen molar-refractivity contribution in [1.82, 2.24) is 10.2 Å². The second kappa shape index (κ2) is 8.51. The van der Waals surface area contributed by atoms with Gasteiger partial charge in [-0.3, -0.25) is 9.59 Å². The van der Waals surface area contributed by atoms with Crippen molar-refractivity contribution in [1.29, 1.82) is 0 Å². The topological polar surface area (TPSA) is 67.9 Å². The number of benzene rings is 2. The summed E-state index contributed by atoms with van der Waals surface area (Å²) in [6.45, 7) is 4.90. The third-order valence-corrected chi connectivity index (χ3v) is 5.80. The Kier molecular flexibility index (Phi) is 5.83. The SMILES string of the molecule is C[C@H]1CN(C(=O)CCNC(=O)c2ccc3ccccc3c2)CC2(CCOCC2)O1. The Morgan fingerprint density at radius 1 is 1.14 bits per heavy atom. The van der Waals surface area contributed by atoms with Crippen LogP contribution in [0.25, 0.3) is 10.8 Å². The van der Waals surface area contributed by atoms with E-state index in [9.17, 15) is 9.59 Å². The lowest BCUT2D eigenvalue weighted by atomic mass is 9.91. The lowest BCUT2D eigenvalue weighted by molar-refractivity contribution is -0.189. The number of fused-ring (bicyclic) bond motifs is 1. The standard InChI is InChI=1S/C23H28N2O4/c1-17-15-25(16-23(29-17)9-12-28-13-10-23)21(26)8-11-24-22(27)20-7-6-18-4-2-3-5-19(18)14-20/h2-7,14,17H,8-13,15-16H2,1H3,(H,24,27)/t17-/m0/s1. The van der Waals surface area contributed by atoms with Crippen LogP contribution in [0, 0.1) is 0 Å². The summed E-state index contributed by atoms with van der Waals surface area (Å²) in [5.74, 6) is -0.0929. The van der Waals surface area contributed by atoms with Gasteiger partial charge in [0.25, 0.3) is 5.91 Å². The van der Waals surface area contributed by atoms with Gasteiger partial charge in [0.2, 0.25) is 5.91 Å². The molecule has 0 aliphatic carbocycles. The first-order valence-electron chi connectivity index (χ1n) is 10.4. The van der Waals surface area contributed by atoms with Crippen LogP contribution in [0.1, 0.15) is 36.5 Å². The normalized spacial score (nSPS) is 21.3. The van der Waals surface area contributed by atoms with Crippen molar-refractivity contribution in [3.05, 3.63) is 48.0 Å².